The number of carbonyl (C=O) groups is 4. The van der Waals surface area contributed by atoms with Crippen LogP contribution in [-0.4, -0.2) is 60.3 Å². The van der Waals surface area contributed by atoms with E-state index in [4.69, 9.17) is 4.74 Å². The van der Waals surface area contributed by atoms with Gasteiger partial charge in [0.25, 0.3) is 5.69 Å². The van der Waals surface area contributed by atoms with Crippen LogP contribution in [0.1, 0.15) is 16.7 Å². The summed E-state index contributed by atoms with van der Waals surface area (Å²) in [7, 11) is -2.39. The first-order valence-corrected chi connectivity index (χ1v) is 13.6. The molecule has 0 saturated carbocycles. The third kappa shape index (κ3) is 4.73. The van der Waals surface area contributed by atoms with E-state index in [1.165, 1.54) is 48.5 Å². The lowest BCUT2D eigenvalue weighted by atomic mass is 9.87. The molecule has 13 heteroatoms. The van der Waals surface area contributed by atoms with E-state index in [0.29, 0.717) is 11.1 Å². The second kappa shape index (κ2) is 10.9. The quantitative estimate of drug-likeness (QED) is 0.166. The van der Waals surface area contributed by atoms with E-state index in [1.54, 1.807) is 36.4 Å². The summed E-state index contributed by atoms with van der Waals surface area (Å²) in [6.07, 6.45) is -0.0621. The lowest BCUT2D eigenvalue weighted by Crippen LogP contribution is -2.71. The lowest BCUT2D eigenvalue weighted by molar-refractivity contribution is -0.384. The van der Waals surface area contributed by atoms with Crippen LogP contribution in [0.25, 0.3) is 0 Å². The highest BCUT2D eigenvalue weighted by atomic mass is 32.2. The highest BCUT2D eigenvalue weighted by Gasteiger charge is 2.75. The minimum Gasteiger partial charge on any atom is -0.480 e. The van der Waals surface area contributed by atoms with Crippen LogP contribution in [0.4, 0.5) is 5.69 Å². The van der Waals surface area contributed by atoms with Gasteiger partial charge in [0.2, 0.25) is 16.6 Å². The minimum absolute atomic E-state index is 0.0275. The van der Waals surface area contributed by atoms with Gasteiger partial charge in [0, 0.05) is 12.1 Å². The van der Waals surface area contributed by atoms with Crippen molar-refractivity contribution in [3.8, 4) is 0 Å². The summed E-state index contributed by atoms with van der Waals surface area (Å²) in [6.45, 7) is -0.381. The average Bonchev–Trinajstić information content (AvgIpc) is 3.22. The number of nitrogens with one attached hydrogen (secondary N) is 1. The zero-order chi connectivity index (χ0) is 29.3. The Labute approximate surface area is 235 Å². The number of fused-ring (bicyclic) bond motifs is 1. The summed E-state index contributed by atoms with van der Waals surface area (Å²) in [5, 5.41) is 22.7. The van der Waals surface area contributed by atoms with Gasteiger partial charge in [-0.25, -0.2) is 4.79 Å². The molecule has 5 atom stereocenters. The number of esters is 1. The Morgan fingerprint density at radius 3 is 2.17 bits per heavy atom. The maximum atomic E-state index is 14.0. The van der Waals surface area contributed by atoms with Crippen molar-refractivity contribution in [1.82, 2.24) is 10.2 Å². The van der Waals surface area contributed by atoms with Gasteiger partial charge in [-0.2, -0.15) is 0 Å². The number of non-ortho nitro benzene ring substituents is 1. The minimum atomic E-state index is -2.39. The van der Waals surface area contributed by atoms with Crippen molar-refractivity contribution in [2.75, 3.05) is 0 Å². The number of β-lactam (4-membered cyclic amide) rings is 1. The fourth-order valence-electron chi connectivity index (χ4n) is 5.14. The molecule has 0 aliphatic carbocycles. The normalized spacial score (nSPS) is 24.6. The van der Waals surface area contributed by atoms with Gasteiger partial charge in [0.1, 0.15) is 18.0 Å². The van der Waals surface area contributed by atoms with Crippen molar-refractivity contribution in [3.05, 3.63) is 112 Å². The largest absolute Gasteiger partial charge is 0.480 e. The number of amides is 2. The maximum Gasteiger partial charge on any atom is 0.331 e. The van der Waals surface area contributed by atoms with Crippen LogP contribution < -0.4 is 5.32 Å². The number of ether oxygens (including phenoxy) is 1. The Morgan fingerprint density at radius 1 is 0.976 bits per heavy atom. The average molecular weight is 578 g/mol. The molecule has 0 aromatic heterocycles. The van der Waals surface area contributed by atoms with E-state index in [0.717, 1.165) is 4.90 Å². The van der Waals surface area contributed by atoms with Gasteiger partial charge >= 0.3 is 11.9 Å². The summed E-state index contributed by atoms with van der Waals surface area (Å²) < 4.78 is 17.0. The summed E-state index contributed by atoms with van der Waals surface area (Å²) in [4.78, 5) is 63.8. The Balaban J connectivity index is 1.45. The lowest BCUT2D eigenvalue weighted by Gasteiger charge is -2.43. The first-order valence-electron chi connectivity index (χ1n) is 12.4. The van der Waals surface area contributed by atoms with Crippen LogP contribution in [-0.2, 0) is 52.5 Å². The van der Waals surface area contributed by atoms with Crippen molar-refractivity contribution in [2.45, 2.75) is 35.2 Å². The van der Waals surface area contributed by atoms with Crippen molar-refractivity contribution in [1.29, 1.82) is 0 Å². The first-order chi connectivity index (χ1) is 19.7. The van der Waals surface area contributed by atoms with Crippen molar-refractivity contribution >= 4 is 40.2 Å². The Bertz CT molecular complexity index is 1550. The number of carboxylic acids is 1. The number of nitro groups is 1. The molecule has 3 aromatic carbocycles. The molecule has 2 unspecified atom stereocenters. The van der Waals surface area contributed by atoms with E-state index in [2.05, 4.69) is 5.32 Å². The van der Waals surface area contributed by atoms with E-state index in [9.17, 15) is 38.6 Å². The van der Waals surface area contributed by atoms with Gasteiger partial charge < -0.3 is 20.1 Å². The molecule has 2 fully saturated rings. The fraction of sp³-hybridized carbons (Fsp3) is 0.214. The van der Waals surface area contributed by atoms with Gasteiger partial charge in [-0.1, -0.05) is 60.7 Å². The van der Waals surface area contributed by atoms with Gasteiger partial charge in [-0.3, -0.25) is 28.7 Å². The summed E-state index contributed by atoms with van der Waals surface area (Å²) in [5.74, 6) is -4.01. The molecule has 2 aliphatic heterocycles. The molecule has 2 amide bonds. The summed E-state index contributed by atoms with van der Waals surface area (Å²) in [6, 6.07) is 18.3. The predicted molar refractivity (Wildman–Crippen MR) is 143 cm³/mol. The SMILES string of the molecule is O=C(Cc1ccccc1)N[C@@H]1C(=O)N2[C@@H]1S(=O)C(C(=O)O)(c1ccccc1)[C@@H]2C(=O)OCc1ccc([N+](=O)[O-])cc1. The Hall–Kier alpha value is -4.91. The van der Waals surface area contributed by atoms with Gasteiger partial charge in [0.15, 0.2) is 6.04 Å². The number of aliphatic carboxylic acids is 1. The van der Waals surface area contributed by atoms with E-state index >= 15 is 0 Å². The molecular formula is C28H23N3O9S. The highest BCUT2D eigenvalue weighted by Crippen LogP contribution is 2.50. The zero-order valence-electron chi connectivity index (χ0n) is 21.2. The number of hydrogen-bond acceptors (Lipinski definition) is 8. The van der Waals surface area contributed by atoms with Crippen LogP contribution in [0.3, 0.4) is 0 Å². The molecule has 3 aromatic rings. The molecule has 12 nitrogen and oxygen atoms in total. The standard InChI is InChI=1S/C28H23N3O9S/c32-21(15-17-7-3-1-4-8-17)29-22-24(33)30-23(26(34)40-16-18-11-13-20(14-12-18)31(37)38)28(27(35)36,41(39)25(22)30)19-9-5-2-6-10-19/h1-14,22-23,25H,15-16H2,(H,29,32)(H,35,36)/t22-,23+,25-,28?,41?/m1/s1. The molecule has 210 valence electrons. The molecule has 0 radical (unpaired) electrons. The first kappa shape index (κ1) is 27.6. The number of nitrogens with zero attached hydrogens (tertiary/aromatic N) is 2. The second-order valence-corrected chi connectivity index (χ2v) is 11.2. The van der Waals surface area contributed by atoms with Crippen molar-refractivity contribution in [3.63, 3.8) is 0 Å². The molecule has 2 saturated heterocycles. The number of nitro benzene ring substituents is 1. The maximum absolute atomic E-state index is 14.0. The number of hydrogen-bond donors (Lipinski definition) is 2. The predicted octanol–water partition coefficient (Wildman–Crippen LogP) is 1.64. The summed E-state index contributed by atoms with van der Waals surface area (Å²) in [5.41, 5.74) is 0.911. The summed E-state index contributed by atoms with van der Waals surface area (Å²) >= 11 is 0. The molecule has 2 heterocycles. The zero-order valence-corrected chi connectivity index (χ0v) is 22.1. The smallest absolute Gasteiger partial charge is 0.331 e. The highest BCUT2D eigenvalue weighted by molar-refractivity contribution is 7.88. The molecule has 0 bridgehead atoms. The molecule has 2 aliphatic rings. The third-order valence-electron chi connectivity index (χ3n) is 7.08. The monoisotopic (exact) mass is 577 g/mol. The van der Waals surface area contributed by atoms with Crippen molar-refractivity contribution < 1.29 is 38.2 Å². The number of carboxylic acid groups (broad SMARTS) is 1. The van der Waals surface area contributed by atoms with Crippen LogP contribution in [0.5, 0.6) is 0 Å². The molecule has 5 rings (SSSR count). The number of carbonyl (C=O) groups excluding carboxylic acids is 3. The van der Waals surface area contributed by atoms with E-state index < -0.39 is 61.7 Å². The van der Waals surface area contributed by atoms with E-state index in [1.807, 2.05) is 0 Å². The van der Waals surface area contributed by atoms with E-state index in [-0.39, 0.29) is 24.3 Å². The number of benzene rings is 3. The molecule has 41 heavy (non-hydrogen) atoms. The van der Waals surface area contributed by atoms with Crippen molar-refractivity contribution in [2.24, 2.45) is 0 Å². The van der Waals surface area contributed by atoms with Crippen LogP contribution >= 0.6 is 0 Å². The van der Waals surface area contributed by atoms with Crippen LogP contribution in [0.15, 0.2) is 84.9 Å². The Morgan fingerprint density at radius 2 is 1.59 bits per heavy atom. The van der Waals surface area contributed by atoms with Gasteiger partial charge in [-0.05, 0) is 28.8 Å². The molecule has 2 N–H and O–H groups in total. The fourth-order valence-corrected chi connectivity index (χ4v) is 7.35. The molecule has 0 spiro atoms. The number of rotatable bonds is 9. The van der Waals surface area contributed by atoms with Crippen LogP contribution in [0, 0.1) is 10.1 Å². The van der Waals surface area contributed by atoms with Gasteiger partial charge in [-0.15, -0.1) is 0 Å². The van der Waals surface area contributed by atoms with Crippen LogP contribution in [0.2, 0.25) is 0 Å². The Kier molecular flexibility index (Phi) is 7.37. The topological polar surface area (TPSA) is 173 Å². The van der Waals surface area contributed by atoms with Gasteiger partial charge in [0.05, 0.1) is 22.1 Å². The third-order valence-corrected chi connectivity index (χ3v) is 9.28. The molecular weight excluding hydrogens is 554 g/mol. The second-order valence-electron chi connectivity index (χ2n) is 9.48.